The quantitative estimate of drug-likeness (QED) is 0.863. The first-order valence-corrected chi connectivity index (χ1v) is 8.25. The molecule has 1 aromatic carbocycles. The van der Waals surface area contributed by atoms with Crippen LogP contribution in [0.3, 0.4) is 0 Å². The molecule has 2 aliphatic heterocycles. The van der Waals surface area contributed by atoms with Gasteiger partial charge in [-0.3, -0.25) is 0 Å². The molecule has 3 aliphatic rings. The molecule has 3 nitrogen and oxygen atoms in total. The summed E-state index contributed by atoms with van der Waals surface area (Å²) in [5, 5.41) is 10.7. The minimum Gasteiger partial charge on any atom is -0.388 e. The Morgan fingerprint density at radius 1 is 1.10 bits per heavy atom. The van der Waals surface area contributed by atoms with Crippen molar-refractivity contribution in [3.05, 3.63) is 35.4 Å². The van der Waals surface area contributed by atoms with Gasteiger partial charge in [0.05, 0.1) is 11.7 Å². The molecular formula is C18H24O3. The van der Waals surface area contributed by atoms with Crippen molar-refractivity contribution in [2.45, 2.75) is 43.8 Å². The van der Waals surface area contributed by atoms with E-state index in [0.29, 0.717) is 11.8 Å². The minimum atomic E-state index is -0.291. The van der Waals surface area contributed by atoms with Crippen LogP contribution in [0, 0.1) is 11.8 Å². The van der Waals surface area contributed by atoms with E-state index in [1.54, 1.807) is 0 Å². The Balaban J connectivity index is 1.52. The van der Waals surface area contributed by atoms with Gasteiger partial charge in [0.25, 0.3) is 0 Å². The summed E-state index contributed by atoms with van der Waals surface area (Å²) in [5.41, 5.74) is 2.51. The van der Waals surface area contributed by atoms with Gasteiger partial charge in [0.1, 0.15) is 0 Å². The highest BCUT2D eigenvalue weighted by molar-refractivity contribution is 5.34. The second kappa shape index (κ2) is 5.38. The summed E-state index contributed by atoms with van der Waals surface area (Å²) in [4.78, 5) is 0. The van der Waals surface area contributed by atoms with Gasteiger partial charge in [0.2, 0.25) is 0 Å². The van der Waals surface area contributed by atoms with Gasteiger partial charge in [-0.25, -0.2) is 0 Å². The summed E-state index contributed by atoms with van der Waals surface area (Å²) < 4.78 is 11.6. The maximum absolute atomic E-state index is 10.7. The van der Waals surface area contributed by atoms with Gasteiger partial charge >= 0.3 is 0 Å². The number of hydrogen-bond donors (Lipinski definition) is 1. The van der Waals surface area contributed by atoms with Crippen molar-refractivity contribution in [1.82, 2.24) is 0 Å². The highest BCUT2D eigenvalue weighted by Gasteiger charge is 2.44. The van der Waals surface area contributed by atoms with Gasteiger partial charge < -0.3 is 14.6 Å². The molecule has 0 radical (unpaired) electrons. The Labute approximate surface area is 126 Å². The van der Waals surface area contributed by atoms with Crippen molar-refractivity contribution in [2.75, 3.05) is 19.8 Å². The van der Waals surface area contributed by atoms with Gasteiger partial charge in [0, 0.05) is 19.8 Å². The third-order valence-corrected chi connectivity index (χ3v) is 5.78. The average molecular weight is 288 g/mol. The van der Waals surface area contributed by atoms with Gasteiger partial charge in [-0.15, -0.1) is 0 Å². The van der Waals surface area contributed by atoms with Crippen LogP contribution in [0.5, 0.6) is 0 Å². The van der Waals surface area contributed by atoms with E-state index in [0.717, 1.165) is 57.5 Å². The Bertz CT molecular complexity index is 501. The van der Waals surface area contributed by atoms with Gasteiger partial charge in [-0.2, -0.15) is 0 Å². The van der Waals surface area contributed by atoms with Crippen molar-refractivity contribution < 1.29 is 14.6 Å². The molecule has 21 heavy (non-hydrogen) atoms. The second-order valence-corrected chi connectivity index (χ2v) is 6.91. The number of fused-ring (bicyclic) bond motifs is 1. The van der Waals surface area contributed by atoms with Crippen LogP contribution in [0.1, 0.15) is 42.9 Å². The first-order chi connectivity index (χ1) is 10.3. The van der Waals surface area contributed by atoms with Crippen molar-refractivity contribution in [1.29, 1.82) is 0 Å². The molecule has 1 aromatic rings. The van der Waals surface area contributed by atoms with Crippen LogP contribution in [-0.4, -0.2) is 30.5 Å². The number of rotatable bonds is 1. The van der Waals surface area contributed by atoms with E-state index in [4.69, 9.17) is 9.47 Å². The highest BCUT2D eigenvalue weighted by Crippen LogP contribution is 2.47. The zero-order chi connectivity index (χ0) is 14.3. The van der Waals surface area contributed by atoms with Gasteiger partial charge in [0.15, 0.2) is 0 Å². The maximum Gasteiger partial charge on any atom is 0.0826 e. The normalized spacial score (nSPS) is 34.8. The third-order valence-electron chi connectivity index (χ3n) is 5.78. The molecule has 0 amide bonds. The SMILES string of the molecule is OC1c2ccccc2CC1C1CCOC2(CCOCC2)C1. The molecule has 2 heterocycles. The summed E-state index contributed by atoms with van der Waals surface area (Å²) in [6.07, 6.45) is 4.93. The molecule has 0 saturated carbocycles. The molecule has 3 unspecified atom stereocenters. The molecule has 2 fully saturated rings. The van der Waals surface area contributed by atoms with E-state index < -0.39 is 0 Å². The minimum absolute atomic E-state index is 0.0235. The maximum atomic E-state index is 10.7. The lowest BCUT2D eigenvalue weighted by molar-refractivity contribution is -0.156. The van der Waals surface area contributed by atoms with E-state index in [9.17, 15) is 5.11 Å². The zero-order valence-electron chi connectivity index (χ0n) is 12.5. The molecule has 3 atom stereocenters. The molecule has 0 bridgehead atoms. The number of aliphatic hydroxyl groups excluding tert-OH is 1. The fourth-order valence-corrected chi connectivity index (χ4v) is 4.55. The molecule has 0 aromatic heterocycles. The van der Waals surface area contributed by atoms with Crippen LogP contribution in [0.4, 0.5) is 0 Å². The molecular weight excluding hydrogens is 264 g/mol. The number of ether oxygens (including phenoxy) is 2. The number of benzene rings is 1. The lowest BCUT2D eigenvalue weighted by Crippen LogP contribution is -2.46. The highest BCUT2D eigenvalue weighted by atomic mass is 16.5. The first kappa shape index (κ1) is 13.7. The Kier molecular flexibility index (Phi) is 3.52. The molecule has 1 N–H and O–H groups in total. The molecule has 1 aliphatic carbocycles. The number of hydrogen-bond acceptors (Lipinski definition) is 3. The Hall–Kier alpha value is -0.900. The van der Waals surface area contributed by atoms with Gasteiger partial charge in [-0.1, -0.05) is 24.3 Å². The van der Waals surface area contributed by atoms with Crippen LogP contribution >= 0.6 is 0 Å². The van der Waals surface area contributed by atoms with E-state index >= 15 is 0 Å². The smallest absolute Gasteiger partial charge is 0.0826 e. The summed E-state index contributed by atoms with van der Waals surface area (Å²) in [7, 11) is 0. The zero-order valence-corrected chi connectivity index (χ0v) is 12.5. The molecule has 2 saturated heterocycles. The Morgan fingerprint density at radius 3 is 2.71 bits per heavy atom. The second-order valence-electron chi connectivity index (χ2n) is 6.91. The van der Waals surface area contributed by atoms with E-state index in [2.05, 4.69) is 18.2 Å². The van der Waals surface area contributed by atoms with Crippen molar-refractivity contribution in [3.8, 4) is 0 Å². The van der Waals surface area contributed by atoms with Crippen LogP contribution in [0.15, 0.2) is 24.3 Å². The summed E-state index contributed by atoms with van der Waals surface area (Å²) in [6.45, 7) is 2.48. The molecule has 3 heteroatoms. The lowest BCUT2D eigenvalue weighted by atomic mass is 9.74. The summed E-state index contributed by atoms with van der Waals surface area (Å²) in [5.74, 6) is 0.935. The monoisotopic (exact) mass is 288 g/mol. The van der Waals surface area contributed by atoms with Crippen LogP contribution < -0.4 is 0 Å². The van der Waals surface area contributed by atoms with Crippen molar-refractivity contribution in [2.24, 2.45) is 11.8 Å². The van der Waals surface area contributed by atoms with Gasteiger partial charge in [-0.05, 0) is 55.1 Å². The van der Waals surface area contributed by atoms with Crippen LogP contribution in [0.25, 0.3) is 0 Å². The molecule has 1 spiro atoms. The predicted octanol–water partition coefficient (Wildman–Crippen LogP) is 2.87. The first-order valence-electron chi connectivity index (χ1n) is 8.25. The van der Waals surface area contributed by atoms with Crippen molar-refractivity contribution in [3.63, 3.8) is 0 Å². The summed E-state index contributed by atoms with van der Waals surface area (Å²) >= 11 is 0. The lowest BCUT2D eigenvalue weighted by Gasteiger charge is -2.45. The standard InChI is InChI=1S/C18H24O3/c19-17-15-4-2-1-3-13(15)11-16(17)14-5-8-21-18(12-14)6-9-20-10-7-18/h1-4,14,16-17,19H,5-12H2. The summed E-state index contributed by atoms with van der Waals surface area (Å²) in [6, 6.07) is 8.37. The third kappa shape index (κ3) is 2.41. The van der Waals surface area contributed by atoms with Crippen LogP contribution in [-0.2, 0) is 15.9 Å². The predicted molar refractivity (Wildman–Crippen MR) is 80.1 cm³/mol. The van der Waals surface area contributed by atoms with Crippen molar-refractivity contribution >= 4 is 0 Å². The fourth-order valence-electron chi connectivity index (χ4n) is 4.55. The largest absolute Gasteiger partial charge is 0.388 e. The fraction of sp³-hybridized carbons (Fsp3) is 0.667. The molecule has 114 valence electrons. The Morgan fingerprint density at radius 2 is 1.90 bits per heavy atom. The van der Waals surface area contributed by atoms with E-state index in [1.165, 1.54) is 5.56 Å². The van der Waals surface area contributed by atoms with E-state index in [-0.39, 0.29) is 11.7 Å². The van der Waals surface area contributed by atoms with E-state index in [1.807, 2.05) is 6.07 Å². The molecule has 4 rings (SSSR count). The number of aliphatic hydroxyl groups is 1. The topological polar surface area (TPSA) is 38.7 Å². The van der Waals surface area contributed by atoms with Crippen LogP contribution in [0.2, 0.25) is 0 Å². The average Bonchev–Trinajstić information content (AvgIpc) is 2.86.